The van der Waals surface area contributed by atoms with Crippen LogP contribution in [-0.2, 0) is 0 Å². The van der Waals surface area contributed by atoms with Gasteiger partial charge in [-0.1, -0.05) is 37.3 Å². The van der Waals surface area contributed by atoms with Crippen molar-refractivity contribution in [3.8, 4) is 0 Å². The van der Waals surface area contributed by atoms with Gasteiger partial charge in [-0.3, -0.25) is 0 Å². The van der Waals surface area contributed by atoms with Crippen LogP contribution < -0.4 is 0 Å². The minimum Gasteiger partial charge on any atom is -0.455 e. The third kappa shape index (κ3) is 1.45. The molecule has 0 aliphatic rings. The molecule has 0 atom stereocenters. The number of hydrogen-bond acceptors (Lipinski definition) is 2. The third-order valence-corrected chi connectivity index (χ3v) is 3.08. The Morgan fingerprint density at radius 1 is 1.06 bits per heavy atom. The van der Waals surface area contributed by atoms with E-state index < -0.39 is 0 Å². The minimum atomic E-state index is 0.620. The Morgan fingerprint density at radius 2 is 1.82 bits per heavy atom. The second-order valence-electron chi connectivity index (χ2n) is 4.11. The lowest BCUT2D eigenvalue weighted by Gasteiger charge is -2.00. The maximum atomic E-state index is 7.97. The first-order valence-electron chi connectivity index (χ1n) is 5.79. The average Bonchev–Trinajstić information content (AvgIpc) is 2.76. The van der Waals surface area contributed by atoms with E-state index in [9.17, 15) is 0 Å². The fourth-order valence-corrected chi connectivity index (χ4v) is 2.18. The van der Waals surface area contributed by atoms with Crippen LogP contribution in [0.2, 0.25) is 0 Å². The molecule has 2 heteroatoms. The molecule has 0 fully saturated rings. The van der Waals surface area contributed by atoms with Gasteiger partial charge in [0.05, 0.1) is 0 Å². The topological polar surface area (TPSA) is 37.0 Å². The molecule has 0 saturated heterocycles. The third-order valence-electron chi connectivity index (χ3n) is 3.08. The van der Waals surface area contributed by atoms with Crippen LogP contribution >= 0.6 is 0 Å². The van der Waals surface area contributed by atoms with E-state index in [1.165, 1.54) is 0 Å². The summed E-state index contributed by atoms with van der Waals surface area (Å²) < 4.78 is 5.87. The molecule has 3 rings (SSSR count). The zero-order valence-corrected chi connectivity index (χ0v) is 9.66. The molecule has 1 aromatic heterocycles. The van der Waals surface area contributed by atoms with E-state index in [-0.39, 0.29) is 0 Å². The SMILES string of the molecule is CCC(=N)c1cccc2c1oc1ccccc12. The largest absolute Gasteiger partial charge is 0.455 e. The van der Waals surface area contributed by atoms with Crippen molar-refractivity contribution in [1.29, 1.82) is 5.41 Å². The highest BCUT2D eigenvalue weighted by Gasteiger charge is 2.11. The summed E-state index contributed by atoms with van der Waals surface area (Å²) in [5, 5.41) is 10.2. The second-order valence-corrected chi connectivity index (χ2v) is 4.11. The fraction of sp³-hybridized carbons (Fsp3) is 0.133. The molecule has 0 unspecified atom stereocenters. The Bertz CT molecular complexity index is 709. The van der Waals surface area contributed by atoms with Gasteiger partial charge in [-0.25, -0.2) is 0 Å². The maximum absolute atomic E-state index is 7.97. The van der Waals surface area contributed by atoms with Crippen molar-refractivity contribution >= 4 is 27.7 Å². The van der Waals surface area contributed by atoms with Crippen molar-refractivity contribution in [1.82, 2.24) is 0 Å². The van der Waals surface area contributed by atoms with Gasteiger partial charge in [0.1, 0.15) is 11.2 Å². The van der Waals surface area contributed by atoms with Crippen LogP contribution in [0.15, 0.2) is 46.9 Å². The molecular weight excluding hydrogens is 210 g/mol. The zero-order chi connectivity index (χ0) is 11.8. The highest BCUT2D eigenvalue weighted by molar-refractivity contribution is 6.14. The van der Waals surface area contributed by atoms with Gasteiger partial charge in [-0.2, -0.15) is 0 Å². The van der Waals surface area contributed by atoms with Gasteiger partial charge < -0.3 is 9.83 Å². The van der Waals surface area contributed by atoms with Gasteiger partial charge >= 0.3 is 0 Å². The first-order valence-corrected chi connectivity index (χ1v) is 5.79. The van der Waals surface area contributed by atoms with Crippen LogP contribution in [0, 0.1) is 5.41 Å². The number of nitrogens with one attached hydrogen (secondary N) is 1. The van der Waals surface area contributed by atoms with E-state index in [4.69, 9.17) is 9.83 Å². The van der Waals surface area contributed by atoms with Crippen molar-refractivity contribution in [3.63, 3.8) is 0 Å². The Morgan fingerprint density at radius 3 is 2.65 bits per heavy atom. The molecule has 0 saturated carbocycles. The van der Waals surface area contributed by atoms with E-state index in [1.54, 1.807) is 0 Å². The van der Waals surface area contributed by atoms with Crippen LogP contribution in [0.25, 0.3) is 21.9 Å². The molecule has 3 aromatic rings. The first-order chi connectivity index (χ1) is 8.31. The van der Waals surface area contributed by atoms with Gasteiger partial charge in [0.2, 0.25) is 0 Å². The van der Waals surface area contributed by atoms with Crippen molar-refractivity contribution in [2.45, 2.75) is 13.3 Å². The number of fused-ring (bicyclic) bond motifs is 3. The van der Waals surface area contributed by atoms with Crippen molar-refractivity contribution in [2.24, 2.45) is 0 Å². The van der Waals surface area contributed by atoms with E-state index in [0.29, 0.717) is 5.71 Å². The summed E-state index contributed by atoms with van der Waals surface area (Å²) in [6, 6.07) is 14.0. The molecular formula is C15H13NO. The number of benzene rings is 2. The number of rotatable bonds is 2. The summed E-state index contributed by atoms with van der Waals surface area (Å²) in [4.78, 5) is 0. The zero-order valence-electron chi connectivity index (χ0n) is 9.66. The molecule has 0 radical (unpaired) electrons. The fourth-order valence-electron chi connectivity index (χ4n) is 2.18. The Hall–Kier alpha value is -2.09. The van der Waals surface area contributed by atoms with Gasteiger partial charge in [0.15, 0.2) is 0 Å². The summed E-state index contributed by atoms with van der Waals surface area (Å²) in [5.41, 5.74) is 3.25. The number of furan rings is 1. The van der Waals surface area contributed by atoms with Gasteiger partial charge in [0.25, 0.3) is 0 Å². The predicted molar refractivity (Wildman–Crippen MR) is 70.8 cm³/mol. The quantitative estimate of drug-likeness (QED) is 0.644. The minimum absolute atomic E-state index is 0.620. The van der Waals surface area contributed by atoms with E-state index in [0.717, 1.165) is 33.9 Å². The van der Waals surface area contributed by atoms with E-state index in [1.807, 2.05) is 43.3 Å². The number of para-hydroxylation sites is 2. The average molecular weight is 223 g/mol. The Kier molecular flexibility index (Phi) is 2.22. The van der Waals surface area contributed by atoms with E-state index in [2.05, 4.69) is 6.07 Å². The molecule has 0 aliphatic heterocycles. The van der Waals surface area contributed by atoms with E-state index >= 15 is 0 Å². The molecule has 0 spiro atoms. The van der Waals surface area contributed by atoms with Gasteiger partial charge in [-0.05, 0) is 18.6 Å². The summed E-state index contributed by atoms with van der Waals surface area (Å²) in [6.07, 6.45) is 0.718. The summed E-state index contributed by atoms with van der Waals surface area (Å²) in [6.45, 7) is 1.99. The monoisotopic (exact) mass is 223 g/mol. The molecule has 0 bridgehead atoms. The standard InChI is InChI=1S/C15H13NO/c1-2-13(16)12-8-5-7-11-10-6-3-4-9-14(10)17-15(11)12/h3-9,16H,2H2,1H3. The summed E-state index contributed by atoms with van der Waals surface area (Å²) in [7, 11) is 0. The van der Waals surface area contributed by atoms with Crippen molar-refractivity contribution < 1.29 is 4.42 Å². The van der Waals surface area contributed by atoms with Gasteiger partial charge in [-0.15, -0.1) is 0 Å². The molecule has 1 heterocycles. The second kappa shape index (κ2) is 3.74. The molecule has 2 aromatic carbocycles. The lowest BCUT2D eigenvalue weighted by atomic mass is 10.0. The Balaban J connectivity index is 2.43. The molecule has 0 aliphatic carbocycles. The highest BCUT2D eigenvalue weighted by Crippen LogP contribution is 2.30. The maximum Gasteiger partial charge on any atom is 0.144 e. The number of hydrogen-bond donors (Lipinski definition) is 1. The highest BCUT2D eigenvalue weighted by atomic mass is 16.3. The summed E-state index contributed by atoms with van der Waals surface area (Å²) in [5.74, 6) is 0. The normalized spacial score (nSPS) is 11.1. The van der Waals surface area contributed by atoms with Crippen molar-refractivity contribution in [3.05, 3.63) is 48.0 Å². The molecule has 2 nitrogen and oxygen atoms in total. The smallest absolute Gasteiger partial charge is 0.144 e. The van der Waals surface area contributed by atoms with Crippen LogP contribution in [0.4, 0.5) is 0 Å². The van der Waals surface area contributed by atoms with Crippen molar-refractivity contribution in [2.75, 3.05) is 0 Å². The molecule has 17 heavy (non-hydrogen) atoms. The predicted octanol–water partition coefficient (Wildman–Crippen LogP) is 4.36. The van der Waals surface area contributed by atoms with Crippen LogP contribution in [-0.4, -0.2) is 5.71 Å². The van der Waals surface area contributed by atoms with Crippen LogP contribution in [0.5, 0.6) is 0 Å². The Labute approximate surface area is 99.4 Å². The van der Waals surface area contributed by atoms with Crippen LogP contribution in [0.3, 0.4) is 0 Å². The molecule has 0 amide bonds. The lowest BCUT2D eigenvalue weighted by molar-refractivity contribution is 0.668. The first kappa shape index (κ1) is 10.1. The molecule has 1 N–H and O–H groups in total. The molecule has 84 valence electrons. The van der Waals surface area contributed by atoms with Gasteiger partial charge in [0, 0.05) is 22.0 Å². The van der Waals surface area contributed by atoms with Crippen LogP contribution in [0.1, 0.15) is 18.9 Å². The lowest BCUT2D eigenvalue weighted by Crippen LogP contribution is -1.96. The summed E-state index contributed by atoms with van der Waals surface area (Å²) >= 11 is 0.